The molecule has 0 radical (unpaired) electrons. The van der Waals surface area contributed by atoms with Crippen LogP contribution < -0.4 is 16.2 Å². The molecule has 0 aliphatic rings. The van der Waals surface area contributed by atoms with E-state index in [1.165, 1.54) is 18.3 Å². The number of rotatable bonds is 6. The number of carbonyl (C=O) groups is 1. The number of benzene rings is 1. The molecule has 0 atom stereocenters. The van der Waals surface area contributed by atoms with Gasteiger partial charge in [0.25, 0.3) is 5.56 Å². The van der Waals surface area contributed by atoms with Gasteiger partial charge in [0.05, 0.1) is 5.69 Å². The van der Waals surface area contributed by atoms with E-state index in [1.807, 2.05) is 45.0 Å². The molecule has 162 valence electrons. The summed E-state index contributed by atoms with van der Waals surface area (Å²) in [5.74, 6) is 0.889. The minimum atomic E-state index is -0.340. The SMILES string of the molecule is Cc1nn(-c2ccc(Nc3ccc(NC(=O)Cn4ncccc4=O)cc3)nn2)c(C)c1C. The molecule has 0 aliphatic carbocycles. The fraction of sp³-hybridized carbons (Fsp3) is 0.182. The minimum Gasteiger partial charge on any atom is -0.339 e. The maximum Gasteiger partial charge on any atom is 0.267 e. The average molecular weight is 430 g/mol. The molecule has 0 unspecified atom stereocenters. The largest absolute Gasteiger partial charge is 0.339 e. The van der Waals surface area contributed by atoms with Gasteiger partial charge in [-0.2, -0.15) is 10.2 Å². The van der Waals surface area contributed by atoms with Gasteiger partial charge < -0.3 is 10.6 Å². The Morgan fingerprint density at radius 1 is 0.969 bits per heavy atom. The van der Waals surface area contributed by atoms with Crippen LogP contribution in [0, 0.1) is 20.8 Å². The van der Waals surface area contributed by atoms with Crippen molar-refractivity contribution in [3.05, 3.63) is 82.0 Å². The zero-order valence-corrected chi connectivity index (χ0v) is 17.9. The molecular weight excluding hydrogens is 408 g/mol. The fourth-order valence-corrected chi connectivity index (χ4v) is 3.08. The van der Waals surface area contributed by atoms with Crippen LogP contribution in [-0.2, 0) is 11.3 Å². The Labute approximate surface area is 183 Å². The predicted octanol–water partition coefficient (Wildman–Crippen LogP) is 2.53. The van der Waals surface area contributed by atoms with Gasteiger partial charge in [0.2, 0.25) is 5.91 Å². The van der Waals surface area contributed by atoms with E-state index in [1.54, 1.807) is 16.8 Å². The molecule has 3 aromatic heterocycles. The highest BCUT2D eigenvalue weighted by Gasteiger charge is 2.10. The van der Waals surface area contributed by atoms with E-state index < -0.39 is 0 Å². The van der Waals surface area contributed by atoms with Gasteiger partial charge >= 0.3 is 0 Å². The third-order valence-electron chi connectivity index (χ3n) is 5.04. The van der Waals surface area contributed by atoms with Gasteiger partial charge in [0.15, 0.2) is 11.6 Å². The summed E-state index contributed by atoms with van der Waals surface area (Å²) in [7, 11) is 0. The number of nitrogens with zero attached hydrogens (tertiary/aromatic N) is 6. The molecule has 0 spiro atoms. The summed E-state index contributed by atoms with van der Waals surface area (Å²) in [4.78, 5) is 23.8. The zero-order valence-electron chi connectivity index (χ0n) is 17.9. The number of anilines is 3. The summed E-state index contributed by atoms with van der Waals surface area (Å²) in [6, 6.07) is 13.7. The number of nitrogens with one attached hydrogen (secondary N) is 2. The Bertz CT molecular complexity index is 1310. The Morgan fingerprint density at radius 2 is 1.72 bits per heavy atom. The van der Waals surface area contributed by atoms with Gasteiger partial charge in [0, 0.05) is 29.3 Å². The number of aryl methyl sites for hydroxylation is 1. The number of aromatic nitrogens is 6. The summed E-state index contributed by atoms with van der Waals surface area (Å²) in [5, 5.41) is 22.8. The molecule has 4 rings (SSSR count). The maximum absolute atomic E-state index is 12.2. The van der Waals surface area contributed by atoms with E-state index in [0.717, 1.165) is 27.3 Å². The molecule has 1 amide bonds. The summed E-state index contributed by atoms with van der Waals surface area (Å²) < 4.78 is 2.87. The summed E-state index contributed by atoms with van der Waals surface area (Å²) in [6.45, 7) is 5.84. The van der Waals surface area contributed by atoms with Crippen molar-refractivity contribution < 1.29 is 4.79 Å². The monoisotopic (exact) mass is 430 g/mol. The molecular formula is C22H22N8O2. The first-order valence-electron chi connectivity index (χ1n) is 9.97. The normalized spacial score (nSPS) is 10.7. The lowest BCUT2D eigenvalue weighted by atomic mass is 10.2. The van der Waals surface area contributed by atoms with Crippen LogP contribution in [0.4, 0.5) is 17.2 Å². The fourth-order valence-electron chi connectivity index (χ4n) is 3.08. The van der Waals surface area contributed by atoms with Gasteiger partial charge in [0.1, 0.15) is 6.54 Å². The number of carbonyl (C=O) groups excluding carboxylic acids is 1. The molecule has 0 saturated heterocycles. The summed E-state index contributed by atoms with van der Waals surface area (Å²) in [5.41, 5.74) is 4.18. The summed E-state index contributed by atoms with van der Waals surface area (Å²) in [6.07, 6.45) is 1.46. The lowest BCUT2D eigenvalue weighted by Gasteiger charge is -2.09. The molecule has 10 nitrogen and oxygen atoms in total. The lowest BCUT2D eigenvalue weighted by Crippen LogP contribution is -2.28. The van der Waals surface area contributed by atoms with Gasteiger partial charge in [-0.15, -0.1) is 10.2 Å². The van der Waals surface area contributed by atoms with E-state index >= 15 is 0 Å². The Kier molecular flexibility index (Phi) is 5.75. The van der Waals surface area contributed by atoms with Crippen LogP contribution in [0.3, 0.4) is 0 Å². The second kappa shape index (κ2) is 8.80. The van der Waals surface area contributed by atoms with Crippen LogP contribution in [0.25, 0.3) is 5.82 Å². The van der Waals surface area contributed by atoms with Crippen molar-refractivity contribution in [3.63, 3.8) is 0 Å². The van der Waals surface area contributed by atoms with Crippen LogP contribution in [-0.4, -0.2) is 35.7 Å². The molecule has 4 aromatic rings. The molecule has 10 heteroatoms. The van der Waals surface area contributed by atoms with Crippen LogP contribution >= 0.6 is 0 Å². The van der Waals surface area contributed by atoms with Crippen molar-refractivity contribution in [2.75, 3.05) is 10.6 Å². The number of hydrogen-bond acceptors (Lipinski definition) is 7. The highest BCUT2D eigenvalue weighted by Crippen LogP contribution is 2.19. The Morgan fingerprint density at radius 3 is 2.34 bits per heavy atom. The second-order valence-corrected chi connectivity index (χ2v) is 7.25. The van der Waals surface area contributed by atoms with E-state index in [4.69, 9.17) is 0 Å². The van der Waals surface area contributed by atoms with Crippen LogP contribution in [0.1, 0.15) is 17.0 Å². The first-order valence-corrected chi connectivity index (χ1v) is 9.97. The average Bonchev–Trinajstić information content (AvgIpc) is 3.04. The first-order chi connectivity index (χ1) is 15.4. The highest BCUT2D eigenvalue weighted by atomic mass is 16.2. The van der Waals surface area contributed by atoms with E-state index in [2.05, 4.69) is 31.0 Å². The quantitative estimate of drug-likeness (QED) is 0.482. The molecule has 2 N–H and O–H groups in total. The Hall–Kier alpha value is -4.34. The van der Waals surface area contributed by atoms with Crippen LogP contribution in [0.2, 0.25) is 0 Å². The molecule has 0 fully saturated rings. The van der Waals surface area contributed by atoms with Crippen LogP contribution in [0.15, 0.2) is 59.5 Å². The van der Waals surface area contributed by atoms with Crippen molar-refractivity contribution in [2.45, 2.75) is 27.3 Å². The van der Waals surface area contributed by atoms with E-state index in [0.29, 0.717) is 17.3 Å². The third kappa shape index (κ3) is 4.53. The topological polar surface area (TPSA) is 120 Å². The van der Waals surface area contributed by atoms with Crippen molar-refractivity contribution in [1.82, 2.24) is 29.8 Å². The second-order valence-electron chi connectivity index (χ2n) is 7.25. The van der Waals surface area contributed by atoms with Crippen molar-refractivity contribution >= 4 is 23.1 Å². The molecule has 0 bridgehead atoms. The minimum absolute atomic E-state index is 0.156. The summed E-state index contributed by atoms with van der Waals surface area (Å²) >= 11 is 0. The third-order valence-corrected chi connectivity index (χ3v) is 5.04. The molecule has 32 heavy (non-hydrogen) atoms. The van der Waals surface area contributed by atoms with Gasteiger partial charge in [-0.05, 0) is 68.8 Å². The zero-order chi connectivity index (χ0) is 22.7. The Balaban J connectivity index is 1.38. The van der Waals surface area contributed by atoms with Crippen molar-refractivity contribution in [1.29, 1.82) is 0 Å². The van der Waals surface area contributed by atoms with Crippen molar-refractivity contribution in [2.24, 2.45) is 0 Å². The van der Waals surface area contributed by atoms with Crippen LogP contribution in [0.5, 0.6) is 0 Å². The van der Waals surface area contributed by atoms with Gasteiger partial charge in [-0.3, -0.25) is 9.59 Å². The molecule has 1 aromatic carbocycles. The predicted molar refractivity (Wildman–Crippen MR) is 120 cm³/mol. The first kappa shape index (κ1) is 20.9. The van der Waals surface area contributed by atoms with Gasteiger partial charge in [-0.25, -0.2) is 9.36 Å². The standard InChI is InChI=1S/C22H22N8O2/c1-14-15(2)28-30(16(14)3)20-11-10-19(26-27-20)24-17-6-8-18(9-7-17)25-21(31)13-29-22(32)5-4-12-23-29/h4-12H,13H2,1-3H3,(H,24,26)(H,25,31). The molecule has 3 heterocycles. The van der Waals surface area contributed by atoms with Gasteiger partial charge in [-0.1, -0.05) is 0 Å². The maximum atomic E-state index is 12.2. The molecule has 0 saturated carbocycles. The lowest BCUT2D eigenvalue weighted by molar-refractivity contribution is -0.117. The number of hydrogen-bond donors (Lipinski definition) is 2. The van der Waals surface area contributed by atoms with E-state index in [9.17, 15) is 9.59 Å². The highest BCUT2D eigenvalue weighted by molar-refractivity contribution is 5.90. The molecule has 0 aliphatic heterocycles. The smallest absolute Gasteiger partial charge is 0.267 e. The number of amides is 1. The van der Waals surface area contributed by atoms with E-state index in [-0.39, 0.29) is 18.0 Å². The van der Waals surface area contributed by atoms with Crippen molar-refractivity contribution in [3.8, 4) is 5.82 Å².